The largest absolute Gasteiger partial charge is 0.306 e. The van der Waals surface area contributed by atoms with Crippen LogP contribution in [0.1, 0.15) is 5.82 Å². The second-order valence-electron chi connectivity index (χ2n) is 28.6. The molecule has 0 aliphatic carbocycles. The summed E-state index contributed by atoms with van der Waals surface area (Å²) in [6, 6.07) is 138. The van der Waals surface area contributed by atoms with Crippen molar-refractivity contribution in [2.75, 3.05) is 14.7 Å². The van der Waals surface area contributed by atoms with Crippen molar-refractivity contribution in [2.45, 2.75) is 6.92 Å². The number of nitrogens with zero attached hydrogens (tertiary/aromatic N) is 9. The van der Waals surface area contributed by atoms with Gasteiger partial charge in [-0.15, -0.1) is 0 Å². The molecule has 520 valence electrons. The third kappa shape index (κ3) is 10.1. The minimum absolute atomic E-state index is 0.965. The topological polar surface area (TPSA) is 63.2 Å². The predicted octanol–water partition coefficient (Wildman–Crippen LogP) is 27.2. The molecule has 111 heavy (non-hydrogen) atoms. The number of rotatable bonds is 7. The number of hydrogen-bond donors (Lipinski definition) is 0. The van der Waals surface area contributed by atoms with Crippen molar-refractivity contribution in [2.24, 2.45) is 0 Å². The molecular formula is C102H67N9. The summed E-state index contributed by atoms with van der Waals surface area (Å²) >= 11 is 0. The summed E-state index contributed by atoms with van der Waals surface area (Å²) in [4.78, 5) is 22.4. The summed E-state index contributed by atoms with van der Waals surface area (Å²) in [6.07, 6.45) is 0. The summed E-state index contributed by atoms with van der Waals surface area (Å²) < 4.78 is 6.99. The number of aryl methyl sites for hydroxylation is 1. The van der Waals surface area contributed by atoms with E-state index in [9.17, 15) is 0 Å². The number of para-hydroxylation sites is 10. The van der Waals surface area contributed by atoms with E-state index < -0.39 is 0 Å². The molecule has 6 heterocycles. The lowest BCUT2D eigenvalue weighted by molar-refractivity contribution is 0.982. The molecule has 0 spiro atoms. The van der Waals surface area contributed by atoms with E-state index in [4.69, 9.17) is 15.0 Å². The average Bonchev–Trinajstić information content (AvgIpc) is 1.70. The minimum atomic E-state index is 0.965. The van der Waals surface area contributed by atoms with Gasteiger partial charge in [0.1, 0.15) is 17.5 Å². The SMILES string of the molecule is Cc1nc2cccc3c2n1-c1ccc(-c2c4ccccc4c(-c4ccccc4)c4ccccc24)cc1N3c1ccccc1.c1ccc(N2c3ccccc3-n3c(-c4ccc5ccc6ccccc6c5c4)nc4cccc2c43)cc1.c1ccc(N2c3ccccc3-n3c(-c4cccc5ccccc45)nc4cccc2c43)cc1. The molecule has 9 nitrogen and oxygen atoms in total. The van der Waals surface area contributed by atoms with Gasteiger partial charge in [0.05, 0.1) is 84.3 Å². The average molecular weight is 1420 g/mol. The summed E-state index contributed by atoms with van der Waals surface area (Å²) in [5, 5.41) is 12.5. The van der Waals surface area contributed by atoms with E-state index in [1.807, 2.05) is 0 Å². The fourth-order valence-electron chi connectivity index (χ4n) is 17.7. The molecule has 24 rings (SSSR count). The van der Waals surface area contributed by atoms with Gasteiger partial charge in [-0.3, -0.25) is 13.7 Å². The van der Waals surface area contributed by atoms with Crippen LogP contribution in [0.15, 0.2) is 388 Å². The molecule has 0 unspecified atom stereocenters. The van der Waals surface area contributed by atoms with Crippen LogP contribution in [0, 0.1) is 6.92 Å². The molecule has 3 aliphatic heterocycles. The number of fused-ring (bicyclic) bond motifs is 12. The maximum absolute atomic E-state index is 5.20. The molecular weight excluding hydrogens is 1350 g/mol. The van der Waals surface area contributed by atoms with E-state index in [0.29, 0.717) is 0 Å². The maximum atomic E-state index is 5.20. The highest BCUT2D eigenvalue weighted by molar-refractivity contribution is 6.22. The Hall–Kier alpha value is -14.9. The number of benzene rings is 18. The molecule has 18 aromatic carbocycles. The molecule has 0 fully saturated rings. The first kappa shape index (κ1) is 63.4. The van der Waals surface area contributed by atoms with E-state index in [-0.39, 0.29) is 0 Å². The Labute approximate surface area is 640 Å². The van der Waals surface area contributed by atoms with Crippen LogP contribution in [0.3, 0.4) is 0 Å². The lowest BCUT2D eigenvalue weighted by Crippen LogP contribution is -2.18. The zero-order valence-corrected chi connectivity index (χ0v) is 60.5. The van der Waals surface area contributed by atoms with Crippen LogP contribution in [0.2, 0.25) is 0 Å². The highest BCUT2D eigenvalue weighted by Gasteiger charge is 2.34. The van der Waals surface area contributed by atoms with Gasteiger partial charge in [0.15, 0.2) is 0 Å². The Balaban J connectivity index is 0.000000104. The molecule has 0 amide bonds. The first-order valence-electron chi connectivity index (χ1n) is 37.8. The van der Waals surface area contributed by atoms with Crippen molar-refractivity contribution in [1.82, 2.24) is 28.7 Å². The standard InChI is InChI=1S/C40H27N3.C33H21N3.C29H19N3/c1-26-41-34-21-12-22-36-40(34)42(26)35-24-23-28(25-37(35)43(36)29-15-6-3-7-16-29)39-32-19-10-8-17-30(32)38(27-13-4-2-5-14-27)31-18-9-11-20-33(31)39;1-2-10-25(11-3-1)35-29-14-6-7-15-30(29)36-32-28(13-8-16-31(32)35)34-33(36)24-20-19-23-18-17-22-9-4-5-12-26(22)27(23)21-24;1-2-12-21(13-3-1)31-25-17-6-7-18-26(25)32-28-24(16-9-19-27(28)31)30-29(32)23-15-8-11-20-10-4-5-14-22(20)23/h2-25H,1H3;1-21H;1-19H. The zero-order chi connectivity index (χ0) is 73.2. The lowest BCUT2D eigenvalue weighted by atomic mass is 9.85. The minimum Gasteiger partial charge on any atom is -0.306 e. The number of imidazole rings is 3. The highest BCUT2D eigenvalue weighted by atomic mass is 15.3. The van der Waals surface area contributed by atoms with Gasteiger partial charge in [0.25, 0.3) is 0 Å². The monoisotopic (exact) mass is 1420 g/mol. The van der Waals surface area contributed by atoms with Gasteiger partial charge in [-0.1, -0.05) is 273 Å². The molecule has 3 aromatic heterocycles. The second kappa shape index (κ2) is 25.7. The van der Waals surface area contributed by atoms with Crippen molar-refractivity contribution < 1.29 is 0 Å². The molecule has 9 heteroatoms. The Morgan fingerprint density at radius 2 is 0.568 bits per heavy atom. The first-order chi connectivity index (χ1) is 55.0. The van der Waals surface area contributed by atoms with Crippen molar-refractivity contribution in [3.05, 3.63) is 394 Å². The zero-order valence-electron chi connectivity index (χ0n) is 60.5. The first-order valence-corrected chi connectivity index (χ1v) is 37.8. The van der Waals surface area contributed by atoms with Gasteiger partial charge in [0.2, 0.25) is 0 Å². The van der Waals surface area contributed by atoms with Gasteiger partial charge in [-0.05, 0) is 198 Å². The third-order valence-electron chi connectivity index (χ3n) is 22.4. The summed E-state index contributed by atoms with van der Waals surface area (Å²) in [5.41, 5.74) is 27.4. The lowest BCUT2D eigenvalue weighted by Gasteiger charge is -2.33. The van der Waals surface area contributed by atoms with Gasteiger partial charge in [-0.2, -0.15) is 0 Å². The molecule has 3 aliphatic rings. The predicted molar refractivity (Wildman–Crippen MR) is 462 cm³/mol. The fraction of sp³-hybridized carbons (Fsp3) is 0.00980. The number of aromatic nitrogens is 6. The van der Waals surface area contributed by atoms with Crippen LogP contribution < -0.4 is 14.7 Å². The van der Waals surface area contributed by atoms with Crippen molar-refractivity contribution in [1.29, 1.82) is 0 Å². The maximum Gasteiger partial charge on any atom is 0.146 e. The number of anilines is 9. The summed E-state index contributed by atoms with van der Waals surface area (Å²) in [5.74, 6) is 2.93. The van der Waals surface area contributed by atoms with Crippen molar-refractivity contribution in [3.63, 3.8) is 0 Å². The van der Waals surface area contributed by atoms with Crippen LogP contribution in [-0.4, -0.2) is 28.7 Å². The van der Waals surface area contributed by atoms with Gasteiger partial charge >= 0.3 is 0 Å². The molecule has 21 aromatic rings. The van der Waals surface area contributed by atoms with Gasteiger partial charge in [-0.25, -0.2) is 15.0 Å². The van der Waals surface area contributed by atoms with Gasteiger partial charge in [0, 0.05) is 28.2 Å². The molecule has 0 bridgehead atoms. The summed E-state index contributed by atoms with van der Waals surface area (Å²) in [6.45, 7) is 2.10. The van der Waals surface area contributed by atoms with Crippen molar-refractivity contribution in [3.8, 4) is 62.1 Å². The quantitative estimate of drug-likeness (QED) is 0.117. The van der Waals surface area contributed by atoms with E-state index >= 15 is 0 Å². The third-order valence-corrected chi connectivity index (χ3v) is 22.4. The Morgan fingerprint density at radius 3 is 1.12 bits per heavy atom. The van der Waals surface area contributed by atoms with E-state index in [1.54, 1.807) is 0 Å². The second-order valence-corrected chi connectivity index (χ2v) is 28.6. The van der Waals surface area contributed by atoms with Crippen LogP contribution in [0.5, 0.6) is 0 Å². The van der Waals surface area contributed by atoms with Gasteiger partial charge < -0.3 is 14.7 Å². The Kier molecular flexibility index (Phi) is 14.6. The van der Waals surface area contributed by atoms with Crippen LogP contribution in [-0.2, 0) is 0 Å². The smallest absolute Gasteiger partial charge is 0.146 e. The Morgan fingerprint density at radius 1 is 0.207 bits per heavy atom. The molecule has 0 N–H and O–H groups in total. The highest BCUT2D eigenvalue weighted by Crippen LogP contribution is 2.54. The molecule has 0 atom stereocenters. The molecule has 0 radical (unpaired) electrons. The van der Waals surface area contributed by atoms with E-state index in [0.717, 1.165) is 130 Å². The van der Waals surface area contributed by atoms with E-state index in [1.165, 1.54) is 76.1 Å². The van der Waals surface area contributed by atoms with E-state index in [2.05, 4.69) is 424 Å². The van der Waals surface area contributed by atoms with Crippen LogP contribution in [0.25, 0.3) is 149 Å². The molecule has 0 saturated heterocycles. The fourth-order valence-corrected chi connectivity index (χ4v) is 17.7. The number of hydrogen-bond acceptors (Lipinski definition) is 6. The Bertz CT molecular complexity index is 7240. The summed E-state index contributed by atoms with van der Waals surface area (Å²) in [7, 11) is 0. The molecule has 0 saturated carbocycles. The van der Waals surface area contributed by atoms with Crippen LogP contribution in [0.4, 0.5) is 51.2 Å². The normalized spacial score (nSPS) is 12.3. The van der Waals surface area contributed by atoms with Crippen LogP contribution >= 0.6 is 0 Å². The van der Waals surface area contributed by atoms with Crippen molar-refractivity contribution >= 4 is 138 Å².